The van der Waals surface area contributed by atoms with Crippen LogP contribution in [0.2, 0.25) is 0 Å². The van der Waals surface area contributed by atoms with E-state index in [2.05, 4.69) is 20.4 Å². The lowest BCUT2D eigenvalue weighted by Gasteiger charge is -2.06. The zero-order valence-electron chi connectivity index (χ0n) is 17.7. The molecule has 5 rings (SSSR count). The number of phenols is 1. The fourth-order valence-electron chi connectivity index (χ4n) is 3.63. The summed E-state index contributed by atoms with van der Waals surface area (Å²) in [5.41, 5.74) is 10.9. The number of nitrogen functional groups attached to an aromatic ring is 1. The number of aryl methyl sites for hydroxylation is 1. The van der Waals surface area contributed by atoms with Crippen molar-refractivity contribution in [2.75, 3.05) is 11.1 Å². The summed E-state index contributed by atoms with van der Waals surface area (Å²) in [5.74, 6) is -0.172. The molecule has 0 radical (unpaired) electrons. The first kappa shape index (κ1) is 20.2. The topological polar surface area (TPSA) is 118 Å². The first-order valence-electron chi connectivity index (χ1n) is 10.3. The minimum absolute atomic E-state index is 0.113. The van der Waals surface area contributed by atoms with Crippen molar-refractivity contribution in [1.29, 1.82) is 0 Å². The van der Waals surface area contributed by atoms with Crippen LogP contribution in [0.3, 0.4) is 0 Å². The Hall–Kier alpha value is -4.72. The molecule has 162 valence electrons. The molecule has 2 aromatic heterocycles. The summed E-state index contributed by atoms with van der Waals surface area (Å²) in [6, 6.07) is 21.5. The van der Waals surface area contributed by atoms with Gasteiger partial charge in [0.2, 0.25) is 0 Å². The zero-order valence-corrected chi connectivity index (χ0v) is 17.7. The van der Waals surface area contributed by atoms with Gasteiger partial charge in [0.15, 0.2) is 5.65 Å². The highest BCUT2D eigenvalue weighted by Crippen LogP contribution is 2.29. The molecule has 0 saturated heterocycles. The number of amides is 1. The van der Waals surface area contributed by atoms with E-state index in [9.17, 15) is 9.90 Å². The molecule has 1 amide bonds. The largest absolute Gasteiger partial charge is 0.508 e. The monoisotopic (exact) mass is 436 g/mol. The van der Waals surface area contributed by atoms with Crippen LogP contribution in [0.4, 0.5) is 11.5 Å². The van der Waals surface area contributed by atoms with E-state index in [0.29, 0.717) is 33.4 Å². The highest BCUT2D eigenvalue weighted by Gasteiger charge is 2.24. The van der Waals surface area contributed by atoms with Crippen molar-refractivity contribution < 1.29 is 9.90 Å². The third-order valence-electron chi connectivity index (χ3n) is 5.17. The van der Waals surface area contributed by atoms with Crippen LogP contribution < -0.4 is 11.1 Å². The summed E-state index contributed by atoms with van der Waals surface area (Å²) in [6.07, 6.45) is 1.54. The quantitative estimate of drug-likeness (QED) is 0.363. The second-order valence-corrected chi connectivity index (χ2v) is 7.62. The van der Waals surface area contributed by atoms with Crippen LogP contribution >= 0.6 is 0 Å². The summed E-state index contributed by atoms with van der Waals surface area (Å²) in [5, 5.41) is 17.1. The van der Waals surface area contributed by atoms with E-state index in [-0.39, 0.29) is 17.1 Å². The van der Waals surface area contributed by atoms with Gasteiger partial charge in [0.05, 0.1) is 17.2 Å². The molecule has 0 spiro atoms. The van der Waals surface area contributed by atoms with Crippen LogP contribution in [0, 0.1) is 6.92 Å². The van der Waals surface area contributed by atoms with Gasteiger partial charge < -0.3 is 16.2 Å². The van der Waals surface area contributed by atoms with Gasteiger partial charge >= 0.3 is 0 Å². The lowest BCUT2D eigenvalue weighted by atomic mass is 10.2. The fraction of sp³-hybridized carbons (Fsp3) is 0.0400. The molecule has 0 aliphatic rings. The Bertz CT molecular complexity index is 1550. The number of rotatable bonds is 4. The van der Waals surface area contributed by atoms with Crippen LogP contribution in [0.5, 0.6) is 5.75 Å². The summed E-state index contributed by atoms with van der Waals surface area (Å²) in [4.78, 5) is 22.6. The maximum atomic E-state index is 13.3. The smallest absolute Gasteiger partial charge is 0.261 e. The lowest BCUT2D eigenvalue weighted by molar-refractivity contribution is 0.102. The molecule has 5 aromatic rings. The Kier molecular flexibility index (Phi) is 4.95. The Labute approximate surface area is 189 Å². The van der Waals surface area contributed by atoms with Gasteiger partial charge in [-0.05, 0) is 54.4 Å². The summed E-state index contributed by atoms with van der Waals surface area (Å²) in [6.45, 7) is 1.95. The third-order valence-corrected chi connectivity index (χ3v) is 5.17. The zero-order chi connectivity index (χ0) is 22.9. The van der Waals surface area contributed by atoms with Crippen molar-refractivity contribution in [2.24, 2.45) is 5.10 Å². The molecular formula is C25H20N6O2. The highest BCUT2D eigenvalue weighted by molar-refractivity contribution is 6.16. The van der Waals surface area contributed by atoms with E-state index < -0.39 is 5.91 Å². The van der Waals surface area contributed by atoms with E-state index in [1.807, 2.05) is 49.4 Å². The molecule has 0 atom stereocenters. The highest BCUT2D eigenvalue weighted by atomic mass is 16.3. The van der Waals surface area contributed by atoms with Crippen LogP contribution in [-0.4, -0.2) is 31.9 Å². The van der Waals surface area contributed by atoms with Gasteiger partial charge in [0, 0.05) is 5.69 Å². The van der Waals surface area contributed by atoms with Crippen LogP contribution in [0.25, 0.3) is 22.2 Å². The van der Waals surface area contributed by atoms with Gasteiger partial charge in [-0.25, -0.2) is 9.97 Å². The molecule has 3 aromatic carbocycles. The van der Waals surface area contributed by atoms with Gasteiger partial charge in [-0.15, -0.1) is 0 Å². The minimum Gasteiger partial charge on any atom is -0.508 e. The van der Waals surface area contributed by atoms with E-state index in [1.54, 1.807) is 30.3 Å². The molecule has 0 fully saturated rings. The van der Waals surface area contributed by atoms with Crippen molar-refractivity contribution in [3.05, 3.63) is 89.5 Å². The SMILES string of the molecule is Cc1cccc(NC(=O)c2c(N)n(/N=C/c3cccc(O)c3)c3nc4ccccc4nc23)c1. The van der Waals surface area contributed by atoms with Crippen LogP contribution in [-0.2, 0) is 0 Å². The minimum atomic E-state index is -0.404. The maximum Gasteiger partial charge on any atom is 0.261 e. The number of nitrogens with two attached hydrogens (primary N) is 1. The molecule has 8 heteroatoms. The molecule has 0 saturated carbocycles. The second kappa shape index (κ2) is 8.08. The standard InChI is InChI=1S/C25H20N6O2/c1-15-6-4-8-17(12-15)28-25(33)21-22-24(30-20-11-3-2-10-19(20)29-22)31(23(21)26)27-14-16-7-5-9-18(32)13-16/h2-14,32H,26H2,1H3,(H,28,33)/b27-14+. The lowest BCUT2D eigenvalue weighted by Crippen LogP contribution is -2.14. The predicted octanol–water partition coefficient (Wildman–Crippen LogP) is 4.32. The number of nitrogens with one attached hydrogen (secondary N) is 1. The summed E-state index contributed by atoms with van der Waals surface area (Å²) >= 11 is 0. The fourth-order valence-corrected chi connectivity index (χ4v) is 3.63. The first-order valence-corrected chi connectivity index (χ1v) is 10.3. The number of nitrogens with zero attached hydrogens (tertiary/aromatic N) is 4. The number of anilines is 2. The molecule has 4 N–H and O–H groups in total. The number of hydrogen-bond donors (Lipinski definition) is 3. The molecule has 0 unspecified atom stereocenters. The summed E-state index contributed by atoms with van der Waals surface area (Å²) < 4.78 is 1.39. The number of phenolic OH excluding ortho intramolecular Hbond substituents is 1. The number of aromatic hydroxyl groups is 1. The number of benzene rings is 3. The summed E-state index contributed by atoms with van der Waals surface area (Å²) in [7, 11) is 0. The Morgan fingerprint density at radius 1 is 1.03 bits per heavy atom. The van der Waals surface area contributed by atoms with Gasteiger partial charge in [0.1, 0.15) is 22.6 Å². The molecule has 8 nitrogen and oxygen atoms in total. The van der Waals surface area contributed by atoms with E-state index >= 15 is 0 Å². The number of fused-ring (bicyclic) bond motifs is 2. The molecule has 0 bridgehead atoms. The van der Waals surface area contributed by atoms with Crippen LogP contribution in [0.1, 0.15) is 21.5 Å². The normalized spacial score (nSPS) is 11.4. The van der Waals surface area contributed by atoms with E-state index in [4.69, 9.17) is 5.73 Å². The first-order chi connectivity index (χ1) is 16.0. The van der Waals surface area contributed by atoms with Gasteiger partial charge in [-0.3, -0.25) is 4.79 Å². The van der Waals surface area contributed by atoms with Crippen molar-refractivity contribution in [1.82, 2.24) is 14.6 Å². The van der Waals surface area contributed by atoms with Crippen molar-refractivity contribution in [2.45, 2.75) is 6.92 Å². The predicted molar refractivity (Wildman–Crippen MR) is 130 cm³/mol. The Balaban J connectivity index is 1.67. The second-order valence-electron chi connectivity index (χ2n) is 7.62. The average molecular weight is 436 g/mol. The molecular weight excluding hydrogens is 416 g/mol. The number of carbonyl (C=O) groups is 1. The maximum absolute atomic E-state index is 13.3. The number of aromatic nitrogens is 3. The third kappa shape index (κ3) is 3.85. The number of para-hydroxylation sites is 2. The van der Waals surface area contributed by atoms with Crippen molar-refractivity contribution in [3.8, 4) is 5.75 Å². The number of carbonyl (C=O) groups excluding carboxylic acids is 1. The average Bonchev–Trinajstić information content (AvgIpc) is 3.06. The molecule has 0 aliphatic carbocycles. The Morgan fingerprint density at radius 3 is 2.55 bits per heavy atom. The van der Waals surface area contributed by atoms with Crippen molar-refractivity contribution >= 4 is 45.8 Å². The van der Waals surface area contributed by atoms with E-state index in [0.717, 1.165) is 5.56 Å². The molecule has 0 aliphatic heterocycles. The molecule has 2 heterocycles. The van der Waals surface area contributed by atoms with Crippen molar-refractivity contribution in [3.63, 3.8) is 0 Å². The van der Waals surface area contributed by atoms with Gasteiger partial charge in [0.25, 0.3) is 5.91 Å². The Morgan fingerprint density at radius 2 is 1.79 bits per heavy atom. The van der Waals surface area contributed by atoms with Crippen LogP contribution in [0.15, 0.2) is 77.9 Å². The van der Waals surface area contributed by atoms with Gasteiger partial charge in [-0.1, -0.05) is 36.4 Å². The molecule has 33 heavy (non-hydrogen) atoms. The van der Waals surface area contributed by atoms with E-state index in [1.165, 1.54) is 10.9 Å². The number of hydrogen-bond acceptors (Lipinski definition) is 6. The van der Waals surface area contributed by atoms with Gasteiger partial charge in [-0.2, -0.15) is 9.78 Å².